The van der Waals surface area contributed by atoms with E-state index < -0.39 is 72.4 Å². The van der Waals surface area contributed by atoms with Crippen LogP contribution in [0.3, 0.4) is 0 Å². The predicted molar refractivity (Wildman–Crippen MR) is 188 cm³/mol. The number of likely N-dealkylation sites (tertiary alicyclic amines) is 2. The van der Waals surface area contributed by atoms with Crippen LogP contribution in [0.4, 0.5) is 43.9 Å². The van der Waals surface area contributed by atoms with Gasteiger partial charge >= 0.3 is 12.4 Å². The van der Waals surface area contributed by atoms with Gasteiger partial charge in [0.25, 0.3) is 11.8 Å². The van der Waals surface area contributed by atoms with Gasteiger partial charge in [-0.2, -0.15) is 31.4 Å². The Labute approximate surface area is 328 Å². The highest BCUT2D eigenvalue weighted by atomic mass is 127. The standard InChI is InChI=1S/C16H12ClF5N4O.C10H7ClF3N3.C6H6F2INO/c1-9-4-10(5-11(13(9)17)16(20,21)22)14-23-8-26(24-14)3-2-12(27)25-6-15(18,19)7-25;1-5-2-6(9-15-4-16-17-9)3-7(8(5)11)10(12,13)14;7-6(8)3-10(4-6)5(11)1-2-9/h2-5,8H,6-7H2,1H3;2-4H,1H3,(H,15,16,17);1-2H,3-4H2/b3-2-;;2-1-. The second-order valence-electron chi connectivity index (χ2n) is 11.9. The molecular formula is C32H25Cl2F10IN8O2. The van der Waals surface area contributed by atoms with Crippen molar-refractivity contribution >= 4 is 63.8 Å². The highest BCUT2D eigenvalue weighted by Crippen LogP contribution is 2.40. The molecule has 0 unspecified atom stereocenters. The molecule has 0 aliphatic carbocycles. The normalized spacial score (nSPS) is 16.2. The number of amides is 2. The van der Waals surface area contributed by atoms with Crippen molar-refractivity contribution in [3.63, 3.8) is 0 Å². The van der Waals surface area contributed by atoms with Gasteiger partial charge in [-0.3, -0.25) is 14.7 Å². The minimum absolute atomic E-state index is 0.00662. The third kappa shape index (κ3) is 11.4. The molecule has 55 heavy (non-hydrogen) atoms. The molecule has 1 N–H and O–H groups in total. The Bertz CT molecular complexity index is 2070. The first-order valence-corrected chi connectivity index (χ1v) is 17.2. The smallest absolute Gasteiger partial charge is 0.327 e. The zero-order valence-corrected chi connectivity index (χ0v) is 31.6. The number of carbonyl (C=O) groups excluding carboxylic acids is 2. The summed E-state index contributed by atoms with van der Waals surface area (Å²) in [6, 6.07) is 4.73. The van der Waals surface area contributed by atoms with Crippen LogP contribution in [0.15, 0.2) is 53.2 Å². The van der Waals surface area contributed by atoms with Crippen LogP contribution in [-0.4, -0.2) is 89.6 Å². The third-order valence-corrected chi connectivity index (χ3v) is 8.83. The molecule has 2 saturated heterocycles. The summed E-state index contributed by atoms with van der Waals surface area (Å²) in [5, 5.41) is 9.38. The Morgan fingerprint density at radius 3 is 1.69 bits per heavy atom. The molecule has 23 heteroatoms. The average Bonchev–Trinajstić information content (AvgIpc) is 3.77. The monoisotopic (exact) mass is 940 g/mol. The molecule has 2 aromatic carbocycles. The average molecular weight is 941 g/mol. The largest absolute Gasteiger partial charge is 0.417 e. The zero-order chi connectivity index (χ0) is 41.1. The summed E-state index contributed by atoms with van der Waals surface area (Å²) >= 11 is 13.2. The number of carbonyl (C=O) groups is 2. The minimum Gasteiger partial charge on any atom is -0.327 e. The van der Waals surface area contributed by atoms with Crippen molar-refractivity contribution in [1.29, 1.82) is 0 Å². The molecule has 0 atom stereocenters. The van der Waals surface area contributed by atoms with Crippen molar-refractivity contribution in [3.8, 4) is 22.8 Å². The van der Waals surface area contributed by atoms with Gasteiger partial charge in [-0.1, -0.05) is 45.8 Å². The van der Waals surface area contributed by atoms with Crippen LogP contribution < -0.4 is 0 Å². The van der Waals surface area contributed by atoms with Crippen molar-refractivity contribution in [3.05, 3.63) is 85.5 Å². The van der Waals surface area contributed by atoms with Gasteiger partial charge in [0.05, 0.1) is 47.4 Å². The van der Waals surface area contributed by atoms with Gasteiger partial charge in [0, 0.05) is 29.5 Å². The molecule has 2 fully saturated rings. The predicted octanol–water partition coefficient (Wildman–Crippen LogP) is 8.74. The van der Waals surface area contributed by atoms with Crippen molar-refractivity contribution < 1.29 is 53.5 Å². The van der Waals surface area contributed by atoms with Crippen LogP contribution in [-0.2, 0) is 21.9 Å². The Balaban J connectivity index is 0.000000204. The van der Waals surface area contributed by atoms with E-state index in [0.29, 0.717) is 11.1 Å². The Hall–Kier alpha value is -4.25. The lowest BCUT2D eigenvalue weighted by atomic mass is 10.1. The number of rotatable bonds is 5. The summed E-state index contributed by atoms with van der Waals surface area (Å²) < 4.78 is 130. The van der Waals surface area contributed by atoms with Crippen LogP contribution in [0.1, 0.15) is 22.3 Å². The molecule has 4 heterocycles. The van der Waals surface area contributed by atoms with Gasteiger partial charge in [-0.15, -0.1) is 5.10 Å². The minimum atomic E-state index is -4.63. The summed E-state index contributed by atoms with van der Waals surface area (Å²) in [5.41, 5.74) is -0.914. The number of nitrogens with one attached hydrogen (secondary N) is 1. The number of aromatic amines is 1. The first-order valence-electron chi connectivity index (χ1n) is 15.2. The van der Waals surface area contributed by atoms with Crippen LogP contribution >= 0.6 is 45.8 Å². The van der Waals surface area contributed by atoms with Crippen LogP contribution in [0, 0.1) is 13.8 Å². The maximum atomic E-state index is 13.1. The van der Waals surface area contributed by atoms with Gasteiger partial charge in [-0.05, 0) is 53.3 Å². The van der Waals surface area contributed by atoms with Gasteiger partial charge in [0.1, 0.15) is 12.7 Å². The first-order chi connectivity index (χ1) is 25.4. The summed E-state index contributed by atoms with van der Waals surface area (Å²) in [6.45, 7) is 0.767. The SMILES string of the molecule is Cc1cc(-c2ncn(/C=C\C(=O)N3CC(F)(F)C3)n2)cc(C(F)(F)F)c1Cl.Cc1cc(-c2ncn[nH]2)cc(C(F)(F)F)c1Cl.O=C(/C=C\I)N1CC(F)(F)C1. The number of benzene rings is 2. The zero-order valence-electron chi connectivity index (χ0n) is 28.0. The van der Waals surface area contributed by atoms with E-state index in [0.717, 1.165) is 32.7 Å². The molecule has 0 saturated carbocycles. The fourth-order valence-electron chi connectivity index (χ4n) is 4.78. The number of hydrogen-bond acceptors (Lipinski definition) is 6. The second-order valence-corrected chi connectivity index (χ2v) is 13.4. The maximum absolute atomic E-state index is 13.1. The van der Waals surface area contributed by atoms with Gasteiger partial charge in [0.2, 0.25) is 11.8 Å². The van der Waals surface area contributed by atoms with Crippen molar-refractivity contribution in [2.75, 3.05) is 26.2 Å². The molecule has 0 radical (unpaired) electrons. The number of H-pyrrole nitrogens is 1. The fraction of sp³-hybridized carbons (Fsp3) is 0.312. The van der Waals surface area contributed by atoms with Crippen molar-refractivity contribution in [1.82, 2.24) is 39.7 Å². The van der Waals surface area contributed by atoms with E-state index in [1.54, 1.807) is 0 Å². The highest BCUT2D eigenvalue weighted by Gasteiger charge is 2.46. The van der Waals surface area contributed by atoms with E-state index in [-0.39, 0.29) is 33.7 Å². The highest BCUT2D eigenvalue weighted by molar-refractivity contribution is 14.1. The molecule has 2 aliphatic rings. The van der Waals surface area contributed by atoms with Crippen molar-refractivity contribution in [2.24, 2.45) is 0 Å². The van der Waals surface area contributed by atoms with Gasteiger partial charge in [-0.25, -0.2) is 32.2 Å². The number of aryl methyl sites for hydroxylation is 2. The van der Waals surface area contributed by atoms with E-state index in [2.05, 4.69) is 25.3 Å². The summed E-state index contributed by atoms with van der Waals surface area (Å²) in [5.74, 6) is -6.23. The van der Waals surface area contributed by atoms with E-state index >= 15 is 0 Å². The summed E-state index contributed by atoms with van der Waals surface area (Å²) in [7, 11) is 0. The Morgan fingerprint density at radius 1 is 0.782 bits per heavy atom. The lowest BCUT2D eigenvalue weighted by Crippen LogP contribution is -2.58. The first kappa shape index (κ1) is 43.5. The molecule has 2 aromatic heterocycles. The molecule has 2 aliphatic heterocycles. The number of hydrogen-bond donors (Lipinski definition) is 1. The Morgan fingerprint density at radius 2 is 1.25 bits per heavy atom. The molecule has 296 valence electrons. The molecular weight excluding hydrogens is 916 g/mol. The molecule has 2 amide bonds. The van der Waals surface area contributed by atoms with Gasteiger partial charge in [0.15, 0.2) is 11.6 Å². The van der Waals surface area contributed by atoms with E-state index in [1.807, 2.05) is 22.6 Å². The van der Waals surface area contributed by atoms with Crippen LogP contribution in [0.25, 0.3) is 29.0 Å². The number of aromatic nitrogens is 6. The second kappa shape index (κ2) is 16.9. The quantitative estimate of drug-likeness (QED) is 0.122. The fourth-order valence-corrected chi connectivity index (χ4v) is 5.52. The lowest BCUT2D eigenvalue weighted by molar-refractivity contribution is -0.160. The van der Waals surface area contributed by atoms with Crippen LogP contribution in [0.2, 0.25) is 10.0 Å². The van der Waals surface area contributed by atoms with E-state index in [9.17, 15) is 53.5 Å². The maximum Gasteiger partial charge on any atom is 0.417 e. The van der Waals surface area contributed by atoms with E-state index in [4.69, 9.17) is 23.2 Å². The Kier molecular flexibility index (Phi) is 13.3. The molecule has 4 aromatic rings. The number of nitrogens with zero attached hydrogens (tertiary/aromatic N) is 7. The van der Waals surface area contributed by atoms with E-state index in [1.165, 1.54) is 55.0 Å². The van der Waals surface area contributed by atoms with Crippen molar-refractivity contribution in [2.45, 2.75) is 38.0 Å². The lowest BCUT2D eigenvalue weighted by Gasteiger charge is -2.37. The molecule has 0 bridgehead atoms. The molecule has 6 rings (SSSR count). The third-order valence-electron chi connectivity index (χ3n) is 7.46. The summed E-state index contributed by atoms with van der Waals surface area (Å²) in [4.78, 5) is 32.3. The molecule has 10 nitrogen and oxygen atoms in total. The summed E-state index contributed by atoms with van der Waals surface area (Å²) in [6.07, 6.45) is -3.22. The molecule has 0 spiro atoms. The number of alkyl halides is 10. The van der Waals surface area contributed by atoms with Crippen LogP contribution in [0.5, 0.6) is 0 Å². The van der Waals surface area contributed by atoms with Gasteiger partial charge < -0.3 is 9.80 Å². The topological polar surface area (TPSA) is 113 Å². The number of halogens is 13.